The zero-order chi connectivity index (χ0) is 22.9. The predicted molar refractivity (Wildman–Crippen MR) is 120 cm³/mol. The molecule has 1 fully saturated rings. The summed E-state index contributed by atoms with van der Waals surface area (Å²) in [6.45, 7) is 1.77. The second-order valence-electron chi connectivity index (χ2n) is 8.47. The van der Waals surface area contributed by atoms with E-state index in [0.29, 0.717) is 48.6 Å². The number of amides is 2. The number of pyridine rings is 1. The molecule has 1 unspecified atom stereocenters. The van der Waals surface area contributed by atoms with Gasteiger partial charge in [0.15, 0.2) is 0 Å². The molecular weight excluding hydrogens is 425 g/mol. The maximum absolute atomic E-state index is 13.5. The minimum atomic E-state index is -0.431. The van der Waals surface area contributed by atoms with E-state index in [9.17, 15) is 14.0 Å². The Balaban J connectivity index is 1.33. The van der Waals surface area contributed by atoms with Gasteiger partial charge in [-0.15, -0.1) is 5.10 Å². The first kappa shape index (κ1) is 21.0. The van der Waals surface area contributed by atoms with Gasteiger partial charge in [-0.25, -0.2) is 9.07 Å². The van der Waals surface area contributed by atoms with Gasteiger partial charge >= 0.3 is 0 Å². The molecular formula is C23H24FN7O2. The smallest absolute Gasteiger partial charge is 0.254 e. The van der Waals surface area contributed by atoms with Crippen molar-refractivity contribution in [3.63, 3.8) is 0 Å². The average molecular weight is 449 g/mol. The van der Waals surface area contributed by atoms with Crippen LogP contribution in [0.5, 0.6) is 0 Å². The zero-order valence-electron chi connectivity index (χ0n) is 18.2. The van der Waals surface area contributed by atoms with E-state index >= 15 is 0 Å². The van der Waals surface area contributed by atoms with Gasteiger partial charge in [0.2, 0.25) is 5.91 Å². The summed E-state index contributed by atoms with van der Waals surface area (Å²) in [7, 11) is 1.93. The fraction of sp³-hybridized carbons (Fsp3) is 0.348. The topological polar surface area (TPSA) is 96.2 Å². The van der Waals surface area contributed by atoms with Gasteiger partial charge in [0.25, 0.3) is 5.91 Å². The number of nitrogens with one attached hydrogen (secondary N) is 1. The van der Waals surface area contributed by atoms with Crippen LogP contribution in [-0.4, -0.2) is 63.4 Å². The second kappa shape index (κ2) is 8.61. The summed E-state index contributed by atoms with van der Waals surface area (Å²) in [4.78, 5) is 33.0. The van der Waals surface area contributed by atoms with E-state index in [1.165, 1.54) is 6.07 Å². The fourth-order valence-corrected chi connectivity index (χ4v) is 4.38. The van der Waals surface area contributed by atoms with Crippen molar-refractivity contribution in [3.05, 3.63) is 54.2 Å². The summed E-state index contributed by atoms with van der Waals surface area (Å²) in [5, 5.41) is 11.3. The number of nitrogens with zero attached hydrogens (tertiary/aromatic N) is 6. The van der Waals surface area contributed by atoms with Crippen LogP contribution in [0.2, 0.25) is 0 Å². The average Bonchev–Trinajstić information content (AvgIpc) is 3.27. The van der Waals surface area contributed by atoms with Gasteiger partial charge in [-0.1, -0.05) is 5.21 Å². The summed E-state index contributed by atoms with van der Waals surface area (Å²) >= 11 is 0. The van der Waals surface area contributed by atoms with Gasteiger partial charge < -0.3 is 15.1 Å². The lowest BCUT2D eigenvalue weighted by molar-refractivity contribution is -0.115. The monoisotopic (exact) mass is 449 g/mol. The summed E-state index contributed by atoms with van der Waals surface area (Å²) in [5.41, 5.74) is 3.19. The number of carbonyl (C=O) groups excluding carboxylic acids is 2. The van der Waals surface area contributed by atoms with Crippen molar-refractivity contribution < 1.29 is 14.0 Å². The number of likely N-dealkylation sites (tertiary alicyclic amines) is 1. The molecule has 1 saturated heterocycles. The van der Waals surface area contributed by atoms with Crippen LogP contribution in [0.25, 0.3) is 11.3 Å². The van der Waals surface area contributed by atoms with Crippen molar-refractivity contribution in [2.75, 3.05) is 36.9 Å². The number of hydrogen-bond donors (Lipinski definition) is 1. The molecule has 3 aromatic rings. The van der Waals surface area contributed by atoms with E-state index in [-0.39, 0.29) is 17.9 Å². The van der Waals surface area contributed by atoms with Crippen molar-refractivity contribution in [2.45, 2.75) is 25.3 Å². The standard InChI is InChI=1S/C23H24FN7O2/c1-29-8-6-22(32)26-19-10-15(4-5-21(19)29)23(33)30-7-2-3-18(13-30)31-14-20(27-28-31)16-9-17(24)12-25-11-16/h4-5,9-12,14,18H,2-3,6-8,13H2,1H3,(H,26,32). The third-order valence-electron chi connectivity index (χ3n) is 6.17. The Morgan fingerprint density at radius 2 is 2.09 bits per heavy atom. The van der Waals surface area contributed by atoms with Gasteiger partial charge in [-0.3, -0.25) is 14.6 Å². The minimum Gasteiger partial charge on any atom is -0.372 e. The van der Waals surface area contributed by atoms with Gasteiger partial charge in [-0.05, 0) is 37.1 Å². The van der Waals surface area contributed by atoms with Crippen LogP contribution >= 0.6 is 0 Å². The molecule has 10 heteroatoms. The van der Waals surface area contributed by atoms with Crippen LogP contribution in [0, 0.1) is 5.82 Å². The number of piperidine rings is 1. The Hall–Kier alpha value is -3.82. The van der Waals surface area contributed by atoms with Gasteiger partial charge in [-0.2, -0.15) is 0 Å². The molecule has 1 aromatic carbocycles. The molecule has 1 atom stereocenters. The predicted octanol–water partition coefficient (Wildman–Crippen LogP) is 2.73. The van der Waals surface area contributed by atoms with E-state index in [1.54, 1.807) is 23.1 Å². The van der Waals surface area contributed by atoms with Gasteiger partial charge in [0, 0.05) is 50.4 Å². The summed E-state index contributed by atoms with van der Waals surface area (Å²) in [6.07, 6.45) is 6.56. The quantitative estimate of drug-likeness (QED) is 0.661. The first-order valence-electron chi connectivity index (χ1n) is 10.9. The van der Waals surface area contributed by atoms with Gasteiger partial charge in [0.1, 0.15) is 11.5 Å². The van der Waals surface area contributed by atoms with Crippen LogP contribution in [0.1, 0.15) is 35.7 Å². The van der Waals surface area contributed by atoms with Crippen molar-refractivity contribution in [3.8, 4) is 11.3 Å². The lowest BCUT2D eigenvalue weighted by Gasteiger charge is -2.32. The second-order valence-corrected chi connectivity index (χ2v) is 8.47. The Morgan fingerprint density at radius 1 is 1.21 bits per heavy atom. The summed E-state index contributed by atoms with van der Waals surface area (Å²) in [5.74, 6) is -0.573. The largest absolute Gasteiger partial charge is 0.372 e. The lowest BCUT2D eigenvalue weighted by atomic mass is 10.0. The van der Waals surface area contributed by atoms with E-state index in [0.717, 1.165) is 24.7 Å². The highest BCUT2D eigenvalue weighted by Gasteiger charge is 2.27. The molecule has 0 spiro atoms. The summed E-state index contributed by atoms with van der Waals surface area (Å²) in [6, 6.07) is 6.78. The SMILES string of the molecule is CN1CCC(=O)Nc2cc(C(=O)N3CCCC(n4cc(-c5cncc(F)c5)nn4)C3)ccc21. The Labute approximate surface area is 190 Å². The molecule has 0 bridgehead atoms. The molecule has 2 aliphatic rings. The summed E-state index contributed by atoms with van der Waals surface area (Å²) < 4.78 is 15.2. The highest BCUT2D eigenvalue weighted by atomic mass is 19.1. The zero-order valence-corrected chi connectivity index (χ0v) is 18.2. The number of carbonyl (C=O) groups is 2. The molecule has 5 rings (SSSR count). The van der Waals surface area contributed by atoms with Gasteiger partial charge in [0.05, 0.1) is 29.8 Å². The van der Waals surface area contributed by atoms with Crippen LogP contribution in [0.15, 0.2) is 42.9 Å². The van der Waals surface area contributed by atoms with E-state index < -0.39 is 5.82 Å². The van der Waals surface area contributed by atoms with Crippen molar-refractivity contribution in [2.24, 2.45) is 0 Å². The van der Waals surface area contributed by atoms with Crippen molar-refractivity contribution >= 4 is 23.2 Å². The van der Waals surface area contributed by atoms with Crippen LogP contribution in [-0.2, 0) is 4.79 Å². The highest BCUT2D eigenvalue weighted by Crippen LogP contribution is 2.30. The maximum atomic E-state index is 13.5. The molecule has 2 aromatic heterocycles. The number of benzene rings is 1. The third kappa shape index (κ3) is 4.28. The van der Waals surface area contributed by atoms with Crippen LogP contribution < -0.4 is 10.2 Å². The molecule has 2 aliphatic heterocycles. The molecule has 0 radical (unpaired) electrons. The molecule has 2 amide bonds. The van der Waals surface area contributed by atoms with Crippen molar-refractivity contribution in [1.82, 2.24) is 24.9 Å². The normalized spacial score (nSPS) is 18.5. The number of hydrogen-bond acceptors (Lipinski definition) is 6. The third-order valence-corrected chi connectivity index (χ3v) is 6.17. The molecule has 9 nitrogen and oxygen atoms in total. The van der Waals surface area contributed by atoms with E-state index in [2.05, 4.69) is 20.6 Å². The van der Waals surface area contributed by atoms with Crippen LogP contribution in [0.4, 0.5) is 15.8 Å². The Morgan fingerprint density at radius 3 is 2.94 bits per heavy atom. The van der Waals surface area contributed by atoms with Crippen molar-refractivity contribution in [1.29, 1.82) is 0 Å². The molecule has 33 heavy (non-hydrogen) atoms. The highest BCUT2D eigenvalue weighted by molar-refractivity contribution is 6.01. The number of rotatable bonds is 3. The Kier molecular flexibility index (Phi) is 5.49. The molecule has 1 N–H and O–H groups in total. The minimum absolute atomic E-state index is 0.0304. The van der Waals surface area contributed by atoms with Crippen LogP contribution in [0.3, 0.4) is 0 Å². The number of anilines is 2. The molecule has 4 heterocycles. The molecule has 0 aliphatic carbocycles. The Bertz CT molecular complexity index is 1210. The van der Waals surface area contributed by atoms with E-state index in [4.69, 9.17) is 0 Å². The maximum Gasteiger partial charge on any atom is 0.254 e. The first-order valence-corrected chi connectivity index (χ1v) is 10.9. The number of halogens is 1. The fourth-order valence-electron chi connectivity index (χ4n) is 4.38. The lowest BCUT2D eigenvalue weighted by Crippen LogP contribution is -2.40. The number of fused-ring (bicyclic) bond motifs is 1. The molecule has 170 valence electrons. The number of aromatic nitrogens is 4. The first-order chi connectivity index (χ1) is 16.0. The van der Waals surface area contributed by atoms with E-state index in [1.807, 2.05) is 29.0 Å². The molecule has 0 saturated carbocycles.